The van der Waals surface area contributed by atoms with Crippen LogP contribution in [0.25, 0.3) is 0 Å². The largest absolute Gasteiger partial charge is 0.327 e. The summed E-state index contributed by atoms with van der Waals surface area (Å²) in [6.45, 7) is 4.00. The van der Waals surface area contributed by atoms with Gasteiger partial charge < -0.3 is 5.73 Å². The third kappa shape index (κ3) is 3.00. The molecule has 0 fully saturated rings. The van der Waals surface area contributed by atoms with E-state index < -0.39 is 0 Å². The number of hydrogen-bond donors (Lipinski definition) is 1. The lowest BCUT2D eigenvalue weighted by molar-refractivity contribution is 0.721. The van der Waals surface area contributed by atoms with Crippen molar-refractivity contribution >= 4 is 0 Å². The smallest absolute Gasteiger partial charge is 0.0120 e. The highest BCUT2D eigenvalue weighted by atomic mass is 14.6. The average Bonchev–Trinajstić information content (AvgIpc) is 2.58. The topological polar surface area (TPSA) is 26.0 Å². The summed E-state index contributed by atoms with van der Waals surface area (Å²) in [5, 5.41) is 0. The molecule has 1 aromatic carbocycles. The maximum atomic E-state index is 5.78. The minimum atomic E-state index is 0.373. The third-order valence-electron chi connectivity index (χ3n) is 2.42. The predicted octanol–water partition coefficient (Wildman–Crippen LogP) is 2.69. The van der Waals surface area contributed by atoms with E-state index in [0.717, 1.165) is 12.8 Å². The van der Waals surface area contributed by atoms with Crippen LogP contribution in [0.1, 0.15) is 25.0 Å². The molecule has 0 saturated carbocycles. The fourth-order valence-corrected chi connectivity index (χ4v) is 1.59. The summed E-state index contributed by atoms with van der Waals surface area (Å²) in [5.74, 6) is 0. The first kappa shape index (κ1) is 11.0. The van der Waals surface area contributed by atoms with Crippen molar-refractivity contribution in [1.29, 1.82) is 0 Å². The zero-order valence-corrected chi connectivity index (χ0v) is 9.03. The minimum Gasteiger partial charge on any atom is -0.327 e. The van der Waals surface area contributed by atoms with Crippen LogP contribution in [0.4, 0.5) is 0 Å². The van der Waals surface area contributed by atoms with E-state index in [4.69, 9.17) is 5.73 Å². The van der Waals surface area contributed by atoms with Crippen molar-refractivity contribution in [1.82, 2.24) is 0 Å². The zero-order valence-electron chi connectivity index (χ0n) is 9.03. The van der Waals surface area contributed by atoms with Crippen molar-refractivity contribution in [3.05, 3.63) is 47.5 Å². The number of nitrogens with two attached hydrogens (primary N) is 1. The number of rotatable bonds is 0. The van der Waals surface area contributed by atoms with Gasteiger partial charge in [0.25, 0.3) is 0 Å². The SMILES string of the molecule is CC=CC.NC1Cc2ccccc2C1. The standard InChI is InChI=1S/C9H11N.C4H8/c10-9-5-7-3-1-2-4-8(7)6-9;1-3-4-2/h1-4,9H,5-6,10H2;3-4H,1-2H3. The second-order valence-electron chi connectivity index (χ2n) is 3.60. The second-order valence-corrected chi connectivity index (χ2v) is 3.60. The lowest BCUT2D eigenvalue weighted by Crippen LogP contribution is -2.18. The highest BCUT2D eigenvalue weighted by Gasteiger charge is 2.15. The van der Waals surface area contributed by atoms with Crippen molar-refractivity contribution in [2.24, 2.45) is 5.73 Å². The molecule has 1 nitrogen and oxygen atoms in total. The van der Waals surface area contributed by atoms with Crippen molar-refractivity contribution in [2.45, 2.75) is 32.7 Å². The van der Waals surface area contributed by atoms with Crippen molar-refractivity contribution < 1.29 is 0 Å². The molecule has 1 aliphatic carbocycles. The molecule has 0 saturated heterocycles. The summed E-state index contributed by atoms with van der Waals surface area (Å²) in [4.78, 5) is 0. The van der Waals surface area contributed by atoms with Gasteiger partial charge in [-0.05, 0) is 37.8 Å². The Bertz CT molecular complexity index is 273. The van der Waals surface area contributed by atoms with E-state index in [-0.39, 0.29) is 0 Å². The molecule has 0 aromatic heterocycles. The van der Waals surface area contributed by atoms with Gasteiger partial charge >= 0.3 is 0 Å². The molecule has 2 rings (SSSR count). The number of allylic oxidation sites excluding steroid dienone is 2. The van der Waals surface area contributed by atoms with Crippen LogP contribution in [0.2, 0.25) is 0 Å². The van der Waals surface area contributed by atoms with Crippen LogP contribution in [0.5, 0.6) is 0 Å². The van der Waals surface area contributed by atoms with E-state index in [1.807, 2.05) is 26.0 Å². The fraction of sp³-hybridized carbons (Fsp3) is 0.385. The molecule has 0 spiro atoms. The zero-order chi connectivity index (χ0) is 10.4. The predicted molar refractivity (Wildman–Crippen MR) is 62.3 cm³/mol. The molecular weight excluding hydrogens is 170 g/mol. The second kappa shape index (κ2) is 5.61. The molecule has 0 heterocycles. The molecule has 0 bridgehead atoms. The van der Waals surface area contributed by atoms with E-state index >= 15 is 0 Å². The minimum absolute atomic E-state index is 0.373. The molecule has 0 atom stereocenters. The lowest BCUT2D eigenvalue weighted by atomic mass is 10.1. The Hall–Kier alpha value is -1.08. The molecule has 0 aliphatic heterocycles. The number of benzene rings is 1. The summed E-state index contributed by atoms with van der Waals surface area (Å²) in [6.07, 6.45) is 6.13. The fourth-order valence-electron chi connectivity index (χ4n) is 1.59. The van der Waals surface area contributed by atoms with E-state index in [1.54, 1.807) is 0 Å². The first-order chi connectivity index (χ1) is 6.77. The van der Waals surface area contributed by atoms with Gasteiger partial charge in [0.05, 0.1) is 0 Å². The Morgan fingerprint density at radius 2 is 1.50 bits per heavy atom. The summed E-state index contributed by atoms with van der Waals surface area (Å²) in [6, 6.07) is 8.87. The molecule has 1 heteroatoms. The van der Waals surface area contributed by atoms with Crippen molar-refractivity contribution in [3.63, 3.8) is 0 Å². The molecule has 14 heavy (non-hydrogen) atoms. The number of hydrogen-bond acceptors (Lipinski definition) is 1. The quantitative estimate of drug-likeness (QED) is 0.624. The van der Waals surface area contributed by atoms with Gasteiger partial charge in [-0.25, -0.2) is 0 Å². The summed E-state index contributed by atoms with van der Waals surface area (Å²) in [7, 11) is 0. The maximum absolute atomic E-state index is 5.78. The van der Waals surface area contributed by atoms with Crippen LogP contribution in [-0.4, -0.2) is 6.04 Å². The molecular formula is C13H19N. The Balaban J connectivity index is 0.000000213. The summed E-state index contributed by atoms with van der Waals surface area (Å²) < 4.78 is 0. The lowest BCUT2D eigenvalue weighted by Gasteiger charge is -1.94. The summed E-state index contributed by atoms with van der Waals surface area (Å²) in [5.41, 5.74) is 8.66. The highest BCUT2D eigenvalue weighted by Crippen LogP contribution is 2.19. The van der Waals surface area contributed by atoms with Crippen LogP contribution in [0.15, 0.2) is 36.4 Å². The molecule has 0 unspecified atom stereocenters. The van der Waals surface area contributed by atoms with Crippen molar-refractivity contribution in [3.8, 4) is 0 Å². The van der Waals surface area contributed by atoms with Gasteiger partial charge in [0, 0.05) is 6.04 Å². The first-order valence-electron chi connectivity index (χ1n) is 5.17. The molecule has 0 amide bonds. The normalized spacial score (nSPS) is 15.1. The van der Waals surface area contributed by atoms with Crippen LogP contribution >= 0.6 is 0 Å². The van der Waals surface area contributed by atoms with E-state index in [2.05, 4.69) is 24.3 Å². The maximum Gasteiger partial charge on any atom is 0.0120 e. The Kier molecular flexibility index (Phi) is 4.41. The molecule has 2 N–H and O–H groups in total. The van der Waals surface area contributed by atoms with Crippen LogP contribution < -0.4 is 5.73 Å². The van der Waals surface area contributed by atoms with Crippen LogP contribution in [-0.2, 0) is 12.8 Å². The molecule has 1 aromatic rings. The Morgan fingerprint density at radius 3 is 1.86 bits per heavy atom. The van der Waals surface area contributed by atoms with E-state index in [0.29, 0.717) is 6.04 Å². The first-order valence-corrected chi connectivity index (χ1v) is 5.17. The van der Waals surface area contributed by atoms with Gasteiger partial charge in [-0.3, -0.25) is 0 Å². The Labute approximate surface area is 86.6 Å². The van der Waals surface area contributed by atoms with Crippen LogP contribution in [0, 0.1) is 0 Å². The molecule has 1 aliphatic rings. The van der Waals surface area contributed by atoms with Gasteiger partial charge in [0.2, 0.25) is 0 Å². The van der Waals surface area contributed by atoms with Gasteiger partial charge in [-0.2, -0.15) is 0 Å². The van der Waals surface area contributed by atoms with Gasteiger partial charge in [0.15, 0.2) is 0 Å². The van der Waals surface area contributed by atoms with Crippen molar-refractivity contribution in [2.75, 3.05) is 0 Å². The van der Waals surface area contributed by atoms with Gasteiger partial charge in [0.1, 0.15) is 0 Å². The highest BCUT2D eigenvalue weighted by molar-refractivity contribution is 5.32. The van der Waals surface area contributed by atoms with Gasteiger partial charge in [-0.1, -0.05) is 36.4 Å². The number of fused-ring (bicyclic) bond motifs is 1. The summed E-state index contributed by atoms with van der Waals surface area (Å²) >= 11 is 0. The average molecular weight is 189 g/mol. The van der Waals surface area contributed by atoms with E-state index in [1.165, 1.54) is 11.1 Å². The molecule has 0 radical (unpaired) electrons. The van der Waals surface area contributed by atoms with Gasteiger partial charge in [-0.15, -0.1) is 0 Å². The third-order valence-corrected chi connectivity index (χ3v) is 2.42. The Morgan fingerprint density at radius 1 is 1.07 bits per heavy atom. The van der Waals surface area contributed by atoms with Crippen LogP contribution in [0.3, 0.4) is 0 Å². The monoisotopic (exact) mass is 189 g/mol. The molecule has 76 valence electrons. The van der Waals surface area contributed by atoms with E-state index in [9.17, 15) is 0 Å².